The van der Waals surface area contributed by atoms with Crippen molar-refractivity contribution in [3.63, 3.8) is 0 Å². The summed E-state index contributed by atoms with van der Waals surface area (Å²) in [5, 5.41) is 2.76. The molecule has 0 fully saturated rings. The van der Waals surface area contributed by atoms with Gasteiger partial charge in [-0.15, -0.1) is 0 Å². The van der Waals surface area contributed by atoms with Crippen LogP contribution in [0.4, 0.5) is 4.79 Å². The summed E-state index contributed by atoms with van der Waals surface area (Å²) in [6.45, 7) is 12.6. The van der Waals surface area contributed by atoms with Gasteiger partial charge in [0.25, 0.3) is 0 Å². The van der Waals surface area contributed by atoms with E-state index >= 15 is 0 Å². The Bertz CT molecular complexity index is 182. The zero-order valence-corrected chi connectivity index (χ0v) is 10.2. The Morgan fingerprint density at radius 3 is 2.14 bits per heavy atom. The monoisotopic (exact) mass is 201 g/mol. The first kappa shape index (κ1) is 13.3. The van der Waals surface area contributed by atoms with E-state index in [0.717, 1.165) is 0 Å². The Kier molecular flexibility index (Phi) is 4.95. The van der Waals surface area contributed by atoms with Crippen LogP contribution in [0.25, 0.3) is 0 Å². The SMILES string of the molecule is CC(C)[C@H](C)CNC(=O)OC(C)(C)C. The molecule has 0 aromatic rings. The molecule has 0 bridgehead atoms. The van der Waals surface area contributed by atoms with E-state index in [0.29, 0.717) is 18.4 Å². The molecule has 0 aromatic heterocycles. The van der Waals surface area contributed by atoms with Crippen LogP contribution >= 0.6 is 0 Å². The van der Waals surface area contributed by atoms with Gasteiger partial charge in [0.1, 0.15) is 5.60 Å². The van der Waals surface area contributed by atoms with Crippen molar-refractivity contribution in [1.82, 2.24) is 5.32 Å². The fourth-order valence-electron chi connectivity index (χ4n) is 0.794. The summed E-state index contributed by atoms with van der Waals surface area (Å²) in [5.41, 5.74) is -0.412. The molecule has 1 atom stereocenters. The standard InChI is InChI=1S/C11H23NO2/c1-8(2)9(3)7-12-10(13)14-11(4,5)6/h8-9H,7H2,1-6H3,(H,12,13)/t9-/m1/s1. The Hall–Kier alpha value is -0.730. The molecule has 0 rings (SSSR count). The zero-order chi connectivity index (χ0) is 11.4. The van der Waals surface area contributed by atoms with Crippen LogP contribution in [0.2, 0.25) is 0 Å². The molecule has 1 N–H and O–H groups in total. The summed E-state index contributed by atoms with van der Waals surface area (Å²) >= 11 is 0. The molecule has 14 heavy (non-hydrogen) atoms. The number of carbonyl (C=O) groups is 1. The maximum absolute atomic E-state index is 11.3. The number of carbonyl (C=O) groups excluding carboxylic acids is 1. The van der Waals surface area contributed by atoms with Gasteiger partial charge in [-0.2, -0.15) is 0 Å². The maximum Gasteiger partial charge on any atom is 0.407 e. The second-order valence-corrected chi connectivity index (χ2v) is 5.10. The predicted octanol–water partition coefficient (Wildman–Crippen LogP) is 2.80. The van der Waals surface area contributed by atoms with E-state index in [4.69, 9.17) is 4.74 Å². The van der Waals surface area contributed by atoms with Gasteiger partial charge < -0.3 is 10.1 Å². The Labute approximate surface area is 87.2 Å². The fraction of sp³-hybridized carbons (Fsp3) is 0.909. The lowest BCUT2D eigenvalue weighted by molar-refractivity contribution is 0.0517. The van der Waals surface area contributed by atoms with Gasteiger partial charge in [-0.05, 0) is 32.6 Å². The third-order valence-electron chi connectivity index (χ3n) is 2.11. The first-order valence-electron chi connectivity index (χ1n) is 5.19. The third-order valence-corrected chi connectivity index (χ3v) is 2.11. The average molecular weight is 201 g/mol. The minimum atomic E-state index is -0.412. The van der Waals surface area contributed by atoms with E-state index < -0.39 is 5.60 Å². The minimum absolute atomic E-state index is 0.329. The maximum atomic E-state index is 11.3. The summed E-state index contributed by atoms with van der Waals surface area (Å²) in [5.74, 6) is 1.05. The van der Waals surface area contributed by atoms with Crippen molar-refractivity contribution in [2.45, 2.75) is 47.1 Å². The number of hydrogen-bond acceptors (Lipinski definition) is 2. The molecule has 3 heteroatoms. The first-order valence-corrected chi connectivity index (χ1v) is 5.19. The molecule has 0 saturated carbocycles. The van der Waals surface area contributed by atoms with Gasteiger partial charge in [-0.3, -0.25) is 0 Å². The Morgan fingerprint density at radius 2 is 1.79 bits per heavy atom. The lowest BCUT2D eigenvalue weighted by atomic mass is 9.98. The highest BCUT2D eigenvalue weighted by Crippen LogP contribution is 2.09. The van der Waals surface area contributed by atoms with Crippen LogP contribution in [-0.4, -0.2) is 18.2 Å². The van der Waals surface area contributed by atoms with Gasteiger partial charge >= 0.3 is 6.09 Å². The summed E-state index contributed by atoms with van der Waals surface area (Å²) in [6.07, 6.45) is -0.329. The lowest BCUT2D eigenvalue weighted by Crippen LogP contribution is -2.35. The summed E-state index contributed by atoms with van der Waals surface area (Å²) in [6, 6.07) is 0. The lowest BCUT2D eigenvalue weighted by Gasteiger charge is -2.21. The second-order valence-electron chi connectivity index (χ2n) is 5.10. The van der Waals surface area contributed by atoms with Gasteiger partial charge in [0.05, 0.1) is 0 Å². The molecule has 0 heterocycles. The van der Waals surface area contributed by atoms with Crippen LogP contribution in [-0.2, 0) is 4.74 Å². The molecule has 0 radical (unpaired) electrons. The molecule has 0 aromatic carbocycles. The first-order chi connectivity index (χ1) is 6.22. The largest absolute Gasteiger partial charge is 0.444 e. The molecule has 0 aliphatic rings. The van der Waals surface area contributed by atoms with Crippen LogP contribution in [0.1, 0.15) is 41.5 Å². The quantitative estimate of drug-likeness (QED) is 0.762. The van der Waals surface area contributed by atoms with Crippen LogP contribution in [0.3, 0.4) is 0 Å². The minimum Gasteiger partial charge on any atom is -0.444 e. The topological polar surface area (TPSA) is 38.3 Å². The number of hydrogen-bond donors (Lipinski definition) is 1. The van der Waals surface area contributed by atoms with E-state index in [9.17, 15) is 4.79 Å². The summed E-state index contributed by atoms with van der Waals surface area (Å²) in [7, 11) is 0. The molecular weight excluding hydrogens is 178 g/mol. The van der Waals surface area contributed by atoms with Crippen molar-refractivity contribution in [3.05, 3.63) is 0 Å². The number of rotatable bonds is 3. The summed E-state index contributed by atoms with van der Waals surface area (Å²) < 4.78 is 5.12. The van der Waals surface area contributed by atoms with Crippen molar-refractivity contribution in [3.8, 4) is 0 Å². The highest BCUT2D eigenvalue weighted by Gasteiger charge is 2.16. The Balaban J connectivity index is 3.75. The number of nitrogens with one attached hydrogen (secondary N) is 1. The number of alkyl carbamates (subject to hydrolysis) is 1. The number of amides is 1. The summed E-state index contributed by atoms with van der Waals surface area (Å²) in [4.78, 5) is 11.3. The molecule has 0 aliphatic heterocycles. The average Bonchev–Trinajstić information content (AvgIpc) is 1.96. The van der Waals surface area contributed by atoms with Crippen molar-refractivity contribution in [1.29, 1.82) is 0 Å². The molecule has 0 unspecified atom stereocenters. The number of ether oxygens (including phenoxy) is 1. The van der Waals surface area contributed by atoms with E-state index in [-0.39, 0.29) is 6.09 Å². The van der Waals surface area contributed by atoms with Gasteiger partial charge in [0, 0.05) is 6.54 Å². The van der Waals surface area contributed by atoms with Gasteiger partial charge in [0.15, 0.2) is 0 Å². The van der Waals surface area contributed by atoms with E-state index in [1.54, 1.807) is 0 Å². The Morgan fingerprint density at radius 1 is 1.29 bits per heavy atom. The molecule has 3 nitrogen and oxygen atoms in total. The fourth-order valence-corrected chi connectivity index (χ4v) is 0.794. The molecule has 84 valence electrons. The molecule has 0 spiro atoms. The smallest absolute Gasteiger partial charge is 0.407 e. The zero-order valence-electron chi connectivity index (χ0n) is 10.2. The van der Waals surface area contributed by atoms with Crippen molar-refractivity contribution in [2.24, 2.45) is 11.8 Å². The van der Waals surface area contributed by atoms with Gasteiger partial charge in [-0.1, -0.05) is 20.8 Å². The van der Waals surface area contributed by atoms with Crippen LogP contribution in [0.15, 0.2) is 0 Å². The highest BCUT2D eigenvalue weighted by molar-refractivity contribution is 5.67. The van der Waals surface area contributed by atoms with Gasteiger partial charge in [0.2, 0.25) is 0 Å². The van der Waals surface area contributed by atoms with Crippen molar-refractivity contribution >= 4 is 6.09 Å². The highest BCUT2D eigenvalue weighted by atomic mass is 16.6. The molecule has 1 amide bonds. The van der Waals surface area contributed by atoms with E-state index in [1.807, 2.05) is 20.8 Å². The van der Waals surface area contributed by atoms with Crippen molar-refractivity contribution < 1.29 is 9.53 Å². The molecule has 0 saturated heterocycles. The van der Waals surface area contributed by atoms with Crippen LogP contribution in [0.5, 0.6) is 0 Å². The van der Waals surface area contributed by atoms with E-state index in [2.05, 4.69) is 26.1 Å². The van der Waals surface area contributed by atoms with Crippen LogP contribution < -0.4 is 5.32 Å². The van der Waals surface area contributed by atoms with E-state index in [1.165, 1.54) is 0 Å². The normalized spacial score (nSPS) is 13.9. The predicted molar refractivity (Wildman–Crippen MR) is 58.2 cm³/mol. The molecule has 0 aliphatic carbocycles. The second kappa shape index (κ2) is 5.23. The van der Waals surface area contributed by atoms with Crippen molar-refractivity contribution in [2.75, 3.05) is 6.54 Å². The van der Waals surface area contributed by atoms with Crippen LogP contribution in [0, 0.1) is 11.8 Å². The van der Waals surface area contributed by atoms with Gasteiger partial charge in [-0.25, -0.2) is 4.79 Å². The molecular formula is C11H23NO2. The third kappa shape index (κ3) is 6.75.